The molecule has 0 atom stereocenters. The van der Waals surface area contributed by atoms with Gasteiger partial charge in [-0.25, -0.2) is 9.37 Å². The predicted molar refractivity (Wildman–Crippen MR) is 117 cm³/mol. The molecule has 0 aliphatic carbocycles. The van der Waals surface area contributed by atoms with Crippen molar-refractivity contribution in [1.29, 1.82) is 0 Å². The van der Waals surface area contributed by atoms with Gasteiger partial charge in [-0.15, -0.1) is 0 Å². The molecule has 188 valence electrons. The van der Waals surface area contributed by atoms with Gasteiger partial charge in [-0.3, -0.25) is 9.36 Å². The van der Waals surface area contributed by atoms with Gasteiger partial charge in [0.05, 0.1) is 11.2 Å². The quantitative estimate of drug-likeness (QED) is 0.357. The first-order valence-corrected chi connectivity index (χ1v) is 10.5. The monoisotopic (exact) mass is 510 g/mol. The van der Waals surface area contributed by atoms with E-state index in [0.717, 1.165) is 16.7 Å². The van der Waals surface area contributed by atoms with Gasteiger partial charge in [0.15, 0.2) is 0 Å². The zero-order valence-electron chi connectivity index (χ0n) is 18.5. The second kappa shape index (κ2) is 8.74. The van der Waals surface area contributed by atoms with Gasteiger partial charge in [0, 0.05) is 12.0 Å². The third-order valence-corrected chi connectivity index (χ3v) is 5.81. The fourth-order valence-electron chi connectivity index (χ4n) is 3.89. The Kier molecular flexibility index (Phi) is 6.16. The van der Waals surface area contributed by atoms with Crippen LogP contribution in [-0.4, -0.2) is 27.0 Å². The van der Waals surface area contributed by atoms with Crippen LogP contribution >= 0.6 is 0 Å². The van der Waals surface area contributed by atoms with E-state index in [2.05, 4.69) is 4.98 Å². The Morgan fingerprint density at radius 1 is 0.861 bits per heavy atom. The molecule has 4 aromatic rings. The molecule has 4 rings (SSSR count). The zero-order valence-corrected chi connectivity index (χ0v) is 18.5. The summed E-state index contributed by atoms with van der Waals surface area (Å²) in [4.78, 5) is 17.8. The minimum atomic E-state index is -6.06. The number of aromatic nitrogens is 2. The minimum Gasteiger partial charge on any atom is -0.369 e. The lowest BCUT2D eigenvalue weighted by molar-refractivity contribution is -0.376. The molecule has 0 radical (unpaired) electrons. The van der Waals surface area contributed by atoms with Crippen LogP contribution in [0.3, 0.4) is 0 Å². The van der Waals surface area contributed by atoms with Crippen molar-refractivity contribution in [1.82, 2.24) is 9.55 Å². The number of aliphatic hydroxyl groups is 1. The molecular formula is C25H17F7N2O2. The third-order valence-electron chi connectivity index (χ3n) is 5.81. The summed E-state index contributed by atoms with van der Waals surface area (Å²) in [5.41, 5.74) is -6.75. The summed E-state index contributed by atoms with van der Waals surface area (Å²) < 4.78 is 95.4. The summed E-state index contributed by atoms with van der Waals surface area (Å²) in [5.74, 6) is -0.762. The van der Waals surface area contributed by atoms with Crippen molar-refractivity contribution in [2.75, 3.05) is 0 Å². The topological polar surface area (TPSA) is 55.1 Å². The molecule has 1 heterocycles. The second-order valence-corrected chi connectivity index (χ2v) is 8.17. The maximum Gasteiger partial charge on any atom is 0.430 e. The lowest BCUT2D eigenvalue weighted by atomic mass is 9.92. The zero-order chi connectivity index (χ0) is 26.5. The molecule has 0 saturated heterocycles. The van der Waals surface area contributed by atoms with Crippen molar-refractivity contribution in [2.45, 2.75) is 31.3 Å². The Bertz CT molecular complexity index is 1460. The van der Waals surface area contributed by atoms with Crippen LogP contribution in [0, 0.1) is 12.7 Å². The van der Waals surface area contributed by atoms with Crippen LogP contribution in [0.4, 0.5) is 30.7 Å². The summed E-state index contributed by atoms with van der Waals surface area (Å²) in [6.07, 6.45) is -12.1. The van der Waals surface area contributed by atoms with E-state index >= 15 is 0 Å². The normalized spacial score (nSPS) is 12.8. The number of rotatable bonds is 4. The van der Waals surface area contributed by atoms with E-state index in [0.29, 0.717) is 17.7 Å². The Labute approximate surface area is 199 Å². The lowest BCUT2D eigenvalue weighted by Gasteiger charge is -2.32. The van der Waals surface area contributed by atoms with Gasteiger partial charge in [-0.1, -0.05) is 48.5 Å². The first-order chi connectivity index (χ1) is 16.8. The maximum atomic E-state index is 14.9. The van der Waals surface area contributed by atoms with E-state index in [9.17, 15) is 40.6 Å². The fraction of sp³-hybridized carbons (Fsp3) is 0.200. The van der Waals surface area contributed by atoms with Crippen molar-refractivity contribution in [3.05, 3.63) is 105 Å². The fourth-order valence-corrected chi connectivity index (χ4v) is 3.89. The van der Waals surface area contributed by atoms with Crippen molar-refractivity contribution in [2.24, 2.45) is 0 Å². The van der Waals surface area contributed by atoms with E-state index in [-0.39, 0.29) is 34.4 Å². The molecule has 0 aliphatic heterocycles. The number of hydrogen-bond donors (Lipinski definition) is 1. The van der Waals surface area contributed by atoms with Crippen LogP contribution in [0.25, 0.3) is 16.6 Å². The SMILES string of the molecule is Cc1ccc2nc(Cc3ccccc3)n(-c3ccc(C(O)(C(F)(F)F)C(F)(F)F)cc3)c(=O)c2c1F. The standard InChI is InChI=1S/C25H17F7N2O2/c1-14-7-12-18-20(21(14)26)22(35)34(19(33-18)13-15-5-3-2-4-6-15)17-10-8-16(9-11-17)23(36,24(27,28)29)25(30,31)32/h2-12,36H,13H2,1H3. The van der Waals surface area contributed by atoms with Crippen molar-refractivity contribution >= 4 is 10.9 Å². The second-order valence-electron chi connectivity index (χ2n) is 8.17. The highest BCUT2D eigenvalue weighted by Crippen LogP contribution is 2.50. The van der Waals surface area contributed by atoms with Crippen molar-refractivity contribution < 1.29 is 35.8 Å². The average molecular weight is 510 g/mol. The van der Waals surface area contributed by atoms with Gasteiger partial charge in [0.1, 0.15) is 17.0 Å². The highest BCUT2D eigenvalue weighted by atomic mass is 19.4. The average Bonchev–Trinajstić information content (AvgIpc) is 2.80. The molecule has 3 aromatic carbocycles. The molecule has 11 heteroatoms. The van der Waals surface area contributed by atoms with Gasteiger partial charge >= 0.3 is 12.4 Å². The van der Waals surface area contributed by atoms with E-state index in [4.69, 9.17) is 0 Å². The molecule has 0 fully saturated rings. The summed E-state index contributed by atoms with van der Waals surface area (Å²) >= 11 is 0. The van der Waals surface area contributed by atoms with Crippen LogP contribution in [0.2, 0.25) is 0 Å². The number of nitrogens with zero attached hydrogens (tertiary/aromatic N) is 2. The summed E-state index contributed by atoms with van der Waals surface area (Å²) in [6, 6.07) is 14.0. The van der Waals surface area contributed by atoms with Crippen LogP contribution in [-0.2, 0) is 12.0 Å². The highest BCUT2D eigenvalue weighted by molar-refractivity contribution is 5.79. The van der Waals surface area contributed by atoms with Crippen LogP contribution in [0.5, 0.6) is 0 Å². The van der Waals surface area contributed by atoms with Gasteiger partial charge in [0.25, 0.3) is 11.2 Å². The van der Waals surface area contributed by atoms with Crippen LogP contribution in [0.15, 0.2) is 71.5 Å². The van der Waals surface area contributed by atoms with Crippen LogP contribution < -0.4 is 5.56 Å². The van der Waals surface area contributed by atoms with Crippen LogP contribution in [0.1, 0.15) is 22.5 Å². The molecule has 0 bridgehead atoms. The van der Waals surface area contributed by atoms with Gasteiger partial charge < -0.3 is 5.11 Å². The molecule has 1 N–H and O–H groups in total. The number of aryl methyl sites for hydroxylation is 1. The van der Waals surface area contributed by atoms with Gasteiger partial charge in [-0.05, 0) is 36.2 Å². The number of halogens is 7. The number of alkyl halides is 6. The summed E-state index contributed by atoms with van der Waals surface area (Å²) in [7, 11) is 0. The Morgan fingerprint density at radius 2 is 1.44 bits per heavy atom. The molecule has 0 amide bonds. The molecular weight excluding hydrogens is 493 g/mol. The molecule has 0 saturated carbocycles. The van der Waals surface area contributed by atoms with Crippen molar-refractivity contribution in [3.63, 3.8) is 0 Å². The van der Waals surface area contributed by atoms with Crippen molar-refractivity contribution in [3.8, 4) is 5.69 Å². The predicted octanol–water partition coefficient (Wildman–Crippen LogP) is 5.74. The summed E-state index contributed by atoms with van der Waals surface area (Å²) in [6.45, 7) is 1.43. The molecule has 1 aromatic heterocycles. The molecule has 36 heavy (non-hydrogen) atoms. The molecule has 0 spiro atoms. The summed E-state index contributed by atoms with van der Waals surface area (Å²) in [5, 5.41) is 9.27. The maximum absolute atomic E-state index is 14.9. The van der Waals surface area contributed by atoms with E-state index < -0.39 is 34.9 Å². The highest BCUT2D eigenvalue weighted by Gasteiger charge is 2.71. The first kappa shape index (κ1) is 25.4. The lowest BCUT2D eigenvalue weighted by Crippen LogP contribution is -2.53. The van der Waals surface area contributed by atoms with Gasteiger partial charge in [-0.2, -0.15) is 26.3 Å². The minimum absolute atomic E-state index is 0.0467. The van der Waals surface area contributed by atoms with Gasteiger partial charge in [0.2, 0.25) is 0 Å². The number of hydrogen-bond acceptors (Lipinski definition) is 3. The molecule has 0 aliphatic rings. The first-order valence-electron chi connectivity index (χ1n) is 10.5. The Morgan fingerprint density at radius 3 is 2.00 bits per heavy atom. The Balaban J connectivity index is 1.95. The third kappa shape index (κ3) is 4.13. The number of benzene rings is 3. The smallest absolute Gasteiger partial charge is 0.369 e. The largest absolute Gasteiger partial charge is 0.430 e. The molecule has 0 unspecified atom stereocenters. The van der Waals surface area contributed by atoms with E-state index in [1.54, 1.807) is 30.3 Å². The van der Waals surface area contributed by atoms with E-state index in [1.165, 1.54) is 19.1 Å². The Hall–Kier alpha value is -3.73. The van der Waals surface area contributed by atoms with E-state index in [1.807, 2.05) is 0 Å². The number of fused-ring (bicyclic) bond motifs is 1. The molecule has 4 nitrogen and oxygen atoms in total.